The van der Waals surface area contributed by atoms with Crippen LogP contribution in [-0.4, -0.2) is 27.0 Å². The third-order valence-electron chi connectivity index (χ3n) is 2.27. The van der Waals surface area contributed by atoms with E-state index in [2.05, 4.69) is 10.2 Å². The molecule has 0 unspecified atom stereocenters. The Hall–Kier alpha value is -2.44. The highest BCUT2D eigenvalue weighted by molar-refractivity contribution is 5.68. The van der Waals surface area contributed by atoms with Crippen molar-refractivity contribution in [2.24, 2.45) is 7.05 Å². The number of non-ortho nitro benzene ring substituents is 1. The topological polar surface area (TPSA) is 83.1 Å². The van der Waals surface area contributed by atoms with Crippen LogP contribution in [0.1, 0.15) is 0 Å². The number of aryl methyl sites for hydroxylation is 1. The molecular weight excluding hydrogens is 224 g/mol. The largest absolute Gasteiger partial charge is 0.496 e. The molecule has 0 aliphatic heterocycles. The predicted molar refractivity (Wildman–Crippen MR) is 59.6 cm³/mol. The van der Waals surface area contributed by atoms with Gasteiger partial charge in [0.25, 0.3) is 5.69 Å². The monoisotopic (exact) mass is 234 g/mol. The van der Waals surface area contributed by atoms with Crippen LogP contribution in [-0.2, 0) is 7.05 Å². The van der Waals surface area contributed by atoms with Crippen LogP contribution >= 0.6 is 0 Å². The molecule has 0 aliphatic carbocycles. The maximum atomic E-state index is 10.6. The van der Waals surface area contributed by atoms with Crippen LogP contribution in [0, 0.1) is 10.1 Å². The molecule has 1 aromatic carbocycles. The van der Waals surface area contributed by atoms with E-state index in [4.69, 9.17) is 4.74 Å². The van der Waals surface area contributed by atoms with E-state index in [9.17, 15) is 10.1 Å². The van der Waals surface area contributed by atoms with Crippen molar-refractivity contribution in [3.05, 3.63) is 34.5 Å². The fraction of sp³-hybridized carbons (Fsp3) is 0.200. The fourth-order valence-corrected chi connectivity index (χ4v) is 1.47. The van der Waals surface area contributed by atoms with Gasteiger partial charge >= 0.3 is 0 Å². The second-order valence-electron chi connectivity index (χ2n) is 3.36. The van der Waals surface area contributed by atoms with Crippen molar-refractivity contribution in [1.82, 2.24) is 15.0 Å². The number of nitrogens with zero attached hydrogens (tertiary/aromatic N) is 4. The van der Waals surface area contributed by atoms with Gasteiger partial charge < -0.3 is 4.74 Å². The Bertz CT molecular complexity index is 564. The summed E-state index contributed by atoms with van der Waals surface area (Å²) >= 11 is 0. The quantitative estimate of drug-likeness (QED) is 0.592. The van der Waals surface area contributed by atoms with Crippen LogP contribution in [0.15, 0.2) is 24.4 Å². The molecule has 0 radical (unpaired) electrons. The van der Waals surface area contributed by atoms with Gasteiger partial charge in [0.2, 0.25) is 0 Å². The average Bonchev–Trinajstić information content (AvgIpc) is 2.74. The molecule has 2 aromatic rings. The number of ether oxygens (including phenoxy) is 1. The van der Waals surface area contributed by atoms with Crippen LogP contribution in [0.4, 0.5) is 5.69 Å². The molecule has 1 aromatic heterocycles. The van der Waals surface area contributed by atoms with Gasteiger partial charge in [0, 0.05) is 18.7 Å². The van der Waals surface area contributed by atoms with Crippen LogP contribution in [0.2, 0.25) is 0 Å². The zero-order chi connectivity index (χ0) is 12.4. The Morgan fingerprint density at radius 1 is 1.47 bits per heavy atom. The summed E-state index contributed by atoms with van der Waals surface area (Å²) in [4.78, 5) is 11.6. The smallest absolute Gasteiger partial charge is 0.273 e. The minimum absolute atomic E-state index is 0.0190. The average molecular weight is 234 g/mol. The summed E-state index contributed by atoms with van der Waals surface area (Å²) in [5.41, 5.74) is 1.26. The Labute approximate surface area is 96.8 Å². The van der Waals surface area contributed by atoms with Crippen molar-refractivity contribution >= 4 is 5.69 Å². The van der Waals surface area contributed by atoms with Gasteiger partial charge in [-0.1, -0.05) is 0 Å². The van der Waals surface area contributed by atoms with Crippen molar-refractivity contribution in [1.29, 1.82) is 0 Å². The summed E-state index contributed by atoms with van der Waals surface area (Å²) in [7, 11) is 3.15. The molecule has 0 atom stereocenters. The lowest BCUT2D eigenvalue weighted by molar-refractivity contribution is -0.384. The molecule has 88 valence electrons. The zero-order valence-corrected chi connectivity index (χ0v) is 9.32. The van der Waals surface area contributed by atoms with Gasteiger partial charge in [-0.2, -0.15) is 15.0 Å². The molecule has 7 nitrogen and oxygen atoms in total. The van der Waals surface area contributed by atoms with Crippen molar-refractivity contribution in [3.63, 3.8) is 0 Å². The number of aromatic nitrogens is 3. The number of nitro groups is 1. The molecule has 0 saturated carbocycles. The Kier molecular flexibility index (Phi) is 2.73. The second kappa shape index (κ2) is 4.20. The van der Waals surface area contributed by atoms with Crippen molar-refractivity contribution in [2.75, 3.05) is 7.11 Å². The summed E-state index contributed by atoms with van der Waals surface area (Å²) in [6, 6.07) is 4.37. The van der Waals surface area contributed by atoms with Crippen LogP contribution in [0.25, 0.3) is 11.3 Å². The molecule has 0 bridgehead atoms. The number of methoxy groups -OCH3 is 1. The highest BCUT2D eigenvalue weighted by atomic mass is 16.6. The highest BCUT2D eigenvalue weighted by Crippen LogP contribution is 2.31. The maximum Gasteiger partial charge on any atom is 0.273 e. The highest BCUT2D eigenvalue weighted by Gasteiger charge is 2.14. The lowest BCUT2D eigenvalue weighted by atomic mass is 10.1. The maximum absolute atomic E-state index is 10.6. The molecule has 17 heavy (non-hydrogen) atoms. The molecule has 0 spiro atoms. The van der Waals surface area contributed by atoms with Crippen molar-refractivity contribution in [2.45, 2.75) is 0 Å². The predicted octanol–water partition coefficient (Wildman–Crippen LogP) is 1.40. The summed E-state index contributed by atoms with van der Waals surface area (Å²) in [6.07, 6.45) is 1.57. The van der Waals surface area contributed by atoms with Gasteiger partial charge in [0.05, 0.1) is 24.3 Å². The van der Waals surface area contributed by atoms with E-state index in [1.54, 1.807) is 19.3 Å². The summed E-state index contributed by atoms with van der Waals surface area (Å²) in [6.45, 7) is 0. The van der Waals surface area contributed by atoms with Crippen LogP contribution in [0.3, 0.4) is 0 Å². The van der Waals surface area contributed by atoms with Gasteiger partial charge in [-0.05, 0) is 6.07 Å². The first-order chi connectivity index (χ1) is 8.11. The summed E-state index contributed by atoms with van der Waals surface area (Å²) in [5, 5.41) is 18.7. The van der Waals surface area contributed by atoms with E-state index in [1.165, 1.54) is 24.0 Å². The fourth-order valence-electron chi connectivity index (χ4n) is 1.47. The van der Waals surface area contributed by atoms with E-state index in [1.807, 2.05) is 0 Å². The van der Waals surface area contributed by atoms with Gasteiger partial charge in [-0.15, -0.1) is 0 Å². The number of nitro benzene ring substituents is 1. The van der Waals surface area contributed by atoms with Gasteiger partial charge in [0.15, 0.2) is 0 Å². The van der Waals surface area contributed by atoms with Gasteiger partial charge in [-0.3, -0.25) is 10.1 Å². The Balaban J connectivity index is 2.51. The number of benzene rings is 1. The number of hydrogen-bond acceptors (Lipinski definition) is 5. The van der Waals surface area contributed by atoms with E-state index in [-0.39, 0.29) is 5.69 Å². The van der Waals surface area contributed by atoms with E-state index in [0.29, 0.717) is 17.0 Å². The van der Waals surface area contributed by atoms with E-state index in [0.717, 1.165) is 0 Å². The second-order valence-corrected chi connectivity index (χ2v) is 3.36. The van der Waals surface area contributed by atoms with E-state index < -0.39 is 4.92 Å². The first kappa shape index (κ1) is 11.1. The molecular formula is C10H10N4O3. The van der Waals surface area contributed by atoms with Crippen LogP contribution < -0.4 is 4.74 Å². The summed E-state index contributed by atoms with van der Waals surface area (Å²) < 4.78 is 5.12. The standard InChI is InChI=1S/C10H10N4O3/c1-13-11-6-9(12-13)8-4-3-7(14(15)16)5-10(8)17-2/h3-6H,1-2H3. The molecule has 1 heterocycles. The van der Waals surface area contributed by atoms with Gasteiger partial charge in [0.1, 0.15) is 11.4 Å². The van der Waals surface area contributed by atoms with E-state index >= 15 is 0 Å². The van der Waals surface area contributed by atoms with Crippen LogP contribution in [0.5, 0.6) is 5.75 Å². The summed E-state index contributed by atoms with van der Waals surface area (Å²) in [5.74, 6) is 0.403. The Morgan fingerprint density at radius 2 is 2.24 bits per heavy atom. The first-order valence-electron chi connectivity index (χ1n) is 4.81. The number of hydrogen-bond donors (Lipinski definition) is 0. The normalized spacial score (nSPS) is 10.2. The third-order valence-corrected chi connectivity index (χ3v) is 2.27. The number of rotatable bonds is 3. The zero-order valence-electron chi connectivity index (χ0n) is 9.32. The van der Waals surface area contributed by atoms with Crippen molar-refractivity contribution in [3.8, 4) is 17.0 Å². The molecule has 7 heteroatoms. The molecule has 0 amide bonds. The minimum atomic E-state index is -0.469. The van der Waals surface area contributed by atoms with Gasteiger partial charge in [-0.25, -0.2) is 0 Å². The molecule has 0 N–H and O–H groups in total. The molecule has 0 fully saturated rings. The lowest BCUT2D eigenvalue weighted by Crippen LogP contribution is -1.94. The van der Waals surface area contributed by atoms with Crippen molar-refractivity contribution < 1.29 is 9.66 Å². The molecule has 0 saturated heterocycles. The Morgan fingerprint density at radius 3 is 2.76 bits per heavy atom. The third kappa shape index (κ3) is 2.07. The SMILES string of the molecule is COc1cc([N+](=O)[O-])ccc1-c1cnn(C)n1. The first-order valence-corrected chi connectivity index (χ1v) is 4.81. The molecule has 0 aliphatic rings. The minimum Gasteiger partial charge on any atom is -0.496 e. The lowest BCUT2D eigenvalue weighted by Gasteiger charge is -2.05. The molecule has 2 rings (SSSR count).